The second-order valence-electron chi connectivity index (χ2n) is 6.19. The molecule has 1 unspecified atom stereocenters. The van der Waals surface area contributed by atoms with Gasteiger partial charge in [-0.2, -0.15) is 13.2 Å². The maximum absolute atomic E-state index is 13.6. The van der Waals surface area contributed by atoms with E-state index in [1.54, 1.807) is 19.1 Å². The molecule has 144 valence electrons. The summed E-state index contributed by atoms with van der Waals surface area (Å²) in [5, 5.41) is 4.64. The summed E-state index contributed by atoms with van der Waals surface area (Å²) in [6, 6.07) is 7.57. The second kappa shape index (κ2) is 6.83. The van der Waals surface area contributed by atoms with Crippen LogP contribution in [0.1, 0.15) is 33.9 Å². The van der Waals surface area contributed by atoms with Crippen molar-refractivity contribution < 1.29 is 22.4 Å². The number of imidazole rings is 1. The second-order valence-corrected chi connectivity index (χ2v) is 7.16. The minimum atomic E-state index is -4.63. The van der Waals surface area contributed by atoms with Crippen LogP contribution in [-0.2, 0) is 6.18 Å². The SMILES string of the molecule is CC(NC(=O)c1cn2cc(-c3ccco3)cc(C(F)(F)F)c2n1)c1cccs1. The Balaban J connectivity index is 1.74. The zero-order chi connectivity index (χ0) is 19.9. The topological polar surface area (TPSA) is 59.5 Å². The summed E-state index contributed by atoms with van der Waals surface area (Å²) in [5.74, 6) is -0.254. The lowest BCUT2D eigenvalue weighted by Crippen LogP contribution is -2.26. The standard InChI is InChI=1S/C19H14F3N3O2S/c1-11(16-5-3-7-28-16)23-18(26)14-10-25-9-12(15-4-2-6-27-15)8-13(17(25)24-14)19(20,21)22/h2-11H,1H3,(H,23,26). The molecule has 0 spiro atoms. The van der Waals surface area contributed by atoms with Crippen molar-refractivity contribution in [1.82, 2.24) is 14.7 Å². The van der Waals surface area contributed by atoms with Crippen LogP contribution in [0, 0.1) is 0 Å². The monoisotopic (exact) mass is 405 g/mol. The minimum absolute atomic E-state index is 0.0921. The molecule has 0 fully saturated rings. The van der Waals surface area contributed by atoms with Crippen LogP contribution in [0.4, 0.5) is 13.2 Å². The number of aromatic nitrogens is 2. The Morgan fingerprint density at radius 3 is 2.75 bits per heavy atom. The summed E-state index contributed by atoms with van der Waals surface area (Å²) < 4.78 is 47.1. The molecule has 9 heteroatoms. The molecule has 4 rings (SSSR count). The zero-order valence-electron chi connectivity index (χ0n) is 14.5. The number of hydrogen-bond donors (Lipinski definition) is 1. The number of nitrogens with zero attached hydrogens (tertiary/aromatic N) is 2. The van der Waals surface area contributed by atoms with E-state index in [2.05, 4.69) is 10.3 Å². The van der Waals surface area contributed by atoms with Crippen LogP contribution in [0.5, 0.6) is 0 Å². The molecule has 0 radical (unpaired) electrons. The van der Waals surface area contributed by atoms with E-state index in [0.717, 1.165) is 10.9 Å². The highest BCUT2D eigenvalue weighted by atomic mass is 32.1. The Hall–Kier alpha value is -3.07. The summed E-state index contributed by atoms with van der Waals surface area (Å²) in [4.78, 5) is 17.4. The lowest BCUT2D eigenvalue weighted by Gasteiger charge is -2.10. The Morgan fingerprint density at radius 1 is 1.29 bits per heavy atom. The summed E-state index contributed by atoms with van der Waals surface area (Å²) >= 11 is 1.48. The van der Waals surface area contributed by atoms with Crippen LogP contribution in [0.3, 0.4) is 0 Å². The van der Waals surface area contributed by atoms with Gasteiger partial charge in [-0.15, -0.1) is 11.3 Å². The third-order valence-corrected chi connectivity index (χ3v) is 5.27. The van der Waals surface area contributed by atoms with Gasteiger partial charge < -0.3 is 14.1 Å². The number of fused-ring (bicyclic) bond motifs is 1. The maximum atomic E-state index is 13.6. The predicted octanol–water partition coefficient (Wildman–Crippen LogP) is 5.17. The van der Waals surface area contributed by atoms with Crippen LogP contribution in [0.25, 0.3) is 17.0 Å². The Kier molecular flexibility index (Phi) is 4.46. The minimum Gasteiger partial charge on any atom is -0.464 e. The zero-order valence-corrected chi connectivity index (χ0v) is 15.3. The van der Waals surface area contributed by atoms with Crippen molar-refractivity contribution in [2.75, 3.05) is 0 Å². The van der Waals surface area contributed by atoms with Crippen molar-refractivity contribution in [3.05, 3.63) is 70.5 Å². The molecule has 0 bridgehead atoms. The van der Waals surface area contributed by atoms with Crippen molar-refractivity contribution >= 4 is 22.9 Å². The predicted molar refractivity (Wildman–Crippen MR) is 98.1 cm³/mol. The first-order valence-corrected chi connectivity index (χ1v) is 9.19. The van der Waals surface area contributed by atoms with Gasteiger partial charge in [0, 0.05) is 22.8 Å². The molecule has 0 aromatic carbocycles. The molecule has 0 aliphatic rings. The molecule has 0 aliphatic carbocycles. The molecular weight excluding hydrogens is 391 g/mol. The largest absolute Gasteiger partial charge is 0.464 e. The average molecular weight is 405 g/mol. The van der Waals surface area contributed by atoms with Gasteiger partial charge in [-0.05, 0) is 36.6 Å². The molecule has 0 saturated carbocycles. The van der Waals surface area contributed by atoms with Crippen LogP contribution < -0.4 is 5.32 Å². The van der Waals surface area contributed by atoms with Gasteiger partial charge in [0.05, 0.1) is 17.9 Å². The van der Waals surface area contributed by atoms with Crippen molar-refractivity contribution in [3.63, 3.8) is 0 Å². The van der Waals surface area contributed by atoms with Gasteiger partial charge in [-0.1, -0.05) is 6.07 Å². The lowest BCUT2D eigenvalue weighted by molar-refractivity contribution is -0.136. The molecule has 5 nitrogen and oxygen atoms in total. The van der Waals surface area contributed by atoms with Gasteiger partial charge in [0.15, 0.2) is 0 Å². The van der Waals surface area contributed by atoms with Crippen molar-refractivity contribution in [1.29, 1.82) is 0 Å². The fraction of sp³-hybridized carbons (Fsp3) is 0.158. The number of hydrogen-bond acceptors (Lipinski definition) is 4. The Bertz CT molecular complexity index is 1120. The number of furan rings is 1. The van der Waals surface area contributed by atoms with E-state index in [1.807, 2.05) is 17.5 Å². The van der Waals surface area contributed by atoms with Gasteiger partial charge in [-0.3, -0.25) is 4.79 Å². The smallest absolute Gasteiger partial charge is 0.420 e. The van der Waals surface area contributed by atoms with Gasteiger partial charge in [0.1, 0.15) is 17.1 Å². The van der Waals surface area contributed by atoms with Crippen molar-refractivity contribution in [3.8, 4) is 11.3 Å². The van der Waals surface area contributed by atoms with E-state index in [4.69, 9.17) is 4.42 Å². The first kappa shape index (κ1) is 18.3. The number of carbonyl (C=O) groups excluding carboxylic acids is 1. The van der Waals surface area contributed by atoms with Gasteiger partial charge in [0.25, 0.3) is 5.91 Å². The quantitative estimate of drug-likeness (QED) is 0.510. The summed E-state index contributed by atoms with van der Waals surface area (Å²) in [6.45, 7) is 1.80. The summed E-state index contributed by atoms with van der Waals surface area (Å²) in [6.07, 6.45) is -0.512. The lowest BCUT2D eigenvalue weighted by atomic mass is 10.1. The van der Waals surface area contributed by atoms with Crippen LogP contribution in [-0.4, -0.2) is 15.3 Å². The van der Waals surface area contributed by atoms with E-state index in [1.165, 1.54) is 34.4 Å². The molecule has 4 aromatic rings. The third-order valence-electron chi connectivity index (χ3n) is 4.21. The third kappa shape index (κ3) is 3.40. The van der Waals surface area contributed by atoms with E-state index in [-0.39, 0.29) is 22.9 Å². The molecule has 0 saturated heterocycles. The fourth-order valence-electron chi connectivity index (χ4n) is 2.87. The van der Waals surface area contributed by atoms with Gasteiger partial charge in [-0.25, -0.2) is 4.98 Å². The van der Waals surface area contributed by atoms with Crippen LogP contribution in [0.15, 0.2) is 58.8 Å². The highest BCUT2D eigenvalue weighted by Crippen LogP contribution is 2.35. The van der Waals surface area contributed by atoms with E-state index in [9.17, 15) is 18.0 Å². The highest BCUT2D eigenvalue weighted by molar-refractivity contribution is 7.10. The number of pyridine rings is 1. The molecule has 1 atom stereocenters. The molecule has 28 heavy (non-hydrogen) atoms. The maximum Gasteiger partial charge on any atom is 0.420 e. The fourth-order valence-corrected chi connectivity index (χ4v) is 3.61. The average Bonchev–Trinajstić information content (AvgIpc) is 3.40. The van der Waals surface area contributed by atoms with E-state index < -0.39 is 17.6 Å². The normalized spacial score (nSPS) is 13.0. The molecular formula is C19H14F3N3O2S. The molecule has 0 aliphatic heterocycles. The van der Waals surface area contributed by atoms with E-state index >= 15 is 0 Å². The number of alkyl halides is 3. The number of carbonyl (C=O) groups is 1. The van der Waals surface area contributed by atoms with Crippen LogP contribution in [0.2, 0.25) is 0 Å². The van der Waals surface area contributed by atoms with Gasteiger partial charge >= 0.3 is 6.18 Å². The first-order chi connectivity index (χ1) is 13.3. The van der Waals surface area contributed by atoms with Crippen molar-refractivity contribution in [2.45, 2.75) is 19.1 Å². The molecule has 4 heterocycles. The van der Waals surface area contributed by atoms with E-state index in [0.29, 0.717) is 5.76 Å². The number of rotatable bonds is 4. The first-order valence-electron chi connectivity index (χ1n) is 8.31. The molecule has 1 N–H and O–H groups in total. The number of amides is 1. The Labute approximate surface area is 161 Å². The summed E-state index contributed by atoms with van der Waals surface area (Å²) in [7, 11) is 0. The number of halogens is 3. The Morgan fingerprint density at radius 2 is 2.11 bits per heavy atom. The van der Waals surface area contributed by atoms with Crippen molar-refractivity contribution in [2.24, 2.45) is 0 Å². The number of nitrogens with one attached hydrogen (secondary N) is 1. The van der Waals surface area contributed by atoms with Gasteiger partial charge in [0.2, 0.25) is 0 Å². The van der Waals surface area contributed by atoms with Crippen LogP contribution >= 0.6 is 11.3 Å². The molecule has 4 aromatic heterocycles. The highest BCUT2D eigenvalue weighted by Gasteiger charge is 2.35. The summed E-state index contributed by atoms with van der Waals surface area (Å²) in [5.41, 5.74) is -1.13. The number of thiophene rings is 1. The molecule has 1 amide bonds.